The van der Waals surface area contributed by atoms with Gasteiger partial charge in [0.1, 0.15) is 0 Å². The van der Waals surface area contributed by atoms with Crippen molar-refractivity contribution in [1.29, 1.82) is 0 Å². The zero-order valence-electron chi connectivity index (χ0n) is 9.38. The monoisotopic (exact) mass is 195 g/mol. The number of nitrogens with zero attached hydrogens (tertiary/aromatic N) is 2. The molecule has 0 radical (unpaired) electrons. The van der Waals surface area contributed by atoms with E-state index in [1.807, 2.05) is 6.92 Å². The number of ether oxygens (including phenoxy) is 1. The van der Waals surface area contributed by atoms with Gasteiger partial charge in [-0.15, -0.1) is 0 Å². The molecule has 0 spiro atoms. The Morgan fingerprint density at radius 3 is 2.21 bits per heavy atom. The number of anilines is 1. The van der Waals surface area contributed by atoms with Gasteiger partial charge in [-0.05, 0) is 6.92 Å². The van der Waals surface area contributed by atoms with Gasteiger partial charge in [0.2, 0.25) is 11.8 Å². The van der Waals surface area contributed by atoms with Crippen molar-refractivity contribution in [1.82, 2.24) is 9.97 Å². The average Bonchev–Trinajstić information content (AvgIpc) is 2.06. The second kappa shape index (κ2) is 3.44. The van der Waals surface area contributed by atoms with E-state index in [9.17, 15) is 0 Å². The van der Waals surface area contributed by atoms with Crippen LogP contribution in [0.3, 0.4) is 0 Å². The molecule has 4 nitrogen and oxygen atoms in total. The molecule has 0 aliphatic heterocycles. The van der Waals surface area contributed by atoms with Crippen molar-refractivity contribution in [3.05, 3.63) is 11.3 Å². The third kappa shape index (κ3) is 1.95. The van der Waals surface area contributed by atoms with E-state index in [1.165, 1.54) is 0 Å². The van der Waals surface area contributed by atoms with E-state index in [0.29, 0.717) is 5.88 Å². The molecule has 1 aromatic heterocycles. The lowest BCUT2D eigenvalue weighted by atomic mass is 9.89. The number of nitrogen functional groups attached to an aromatic ring is 1. The Bertz CT molecular complexity index is 342. The lowest BCUT2D eigenvalue weighted by molar-refractivity contribution is 0.390. The molecule has 0 atom stereocenters. The summed E-state index contributed by atoms with van der Waals surface area (Å²) in [5, 5.41) is 0. The molecule has 0 aliphatic carbocycles. The molecule has 0 amide bonds. The summed E-state index contributed by atoms with van der Waals surface area (Å²) in [6.45, 7) is 8.20. The van der Waals surface area contributed by atoms with E-state index in [4.69, 9.17) is 10.5 Å². The molecule has 0 saturated carbocycles. The minimum atomic E-state index is -0.0472. The summed E-state index contributed by atoms with van der Waals surface area (Å²) < 4.78 is 5.13. The van der Waals surface area contributed by atoms with E-state index in [1.54, 1.807) is 7.11 Å². The third-order valence-corrected chi connectivity index (χ3v) is 2.02. The Hall–Kier alpha value is -1.32. The van der Waals surface area contributed by atoms with Gasteiger partial charge in [0, 0.05) is 11.0 Å². The Morgan fingerprint density at radius 1 is 1.21 bits per heavy atom. The molecule has 1 heterocycles. The molecule has 0 aromatic carbocycles. The van der Waals surface area contributed by atoms with Gasteiger partial charge in [0.05, 0.1) is 12.8 Å². The molecule has 14 heavy (non-hydrogen) atoms. The second-order valence-corrected chi connectivity index (χ2v) is 4.31. The number of nitrogens with two attached hydrogens (primary N) is 1. The summed E-state index contributed by atoms with van der Waals surface area (Å²) in [6, 6.07) is 0. The maximum Gasteiger partial charge on any atom is 0.223 e. The van der Waals surface area contributed by atoms with E-state index in [2.05, 4.69) is 30.7 Å². The standard InChI is InChI=1S/C10H17N3O/c1-6-7(10(2,3)4)12-9(11)13-8(6)14-5/h1-5H3,(H2,11,12,13). The molecule has 0 aliphatic rings. The Balaban J connectivity index is 3.37. The van der Waals surface area contributed by atoms with Crippen LogP contribution in [0.15, 0.2) is 0 Å². The van der Waals surface area contributed by atoms with Crippen LogP contribution >= 0.6 is 0 Å². The molecule has 0 fully saturated rings. The summed E-state index contributed by atoms with van der Waals surface area (Å²) >= 11 is 0. The van der Waals surface area contributed by atoms with Crippen molar-refractivity contribution in [2.75, 3.05) is 12.8 Å². The quantitative estimate of drug-likeness (QED) is 0.740. The van der Waals surface area contributed by atoms with E-state index < -0.39 is 0 Å². The molecule has 4 heteroatoms. The zero-order chi connectivity index (χ0) is 10.9. The van der Waals surface area contributed by atoms with Crippen molar-refractivity contribution in [3.8, 4) is 5.88 Å². The highest BCUT2D eigenvalue weighted by atomic mass is 16.5. The van der Waals surface area contributed by atoms with Crippen LogP contribution in [0.1, 0.15) is 32.0 Å². The van der Waals surface area contributed by atoms with Crippen molar-refractivity contribution in [2.45, 2.75) is 33.1 Å². The predicted octanol–water partition coefficient (Wildman–Crippen LogP) is 1.67. The van der Waals surface area contributed by atoms with Gasteiger partial charge in [0.15, 0.2) is 0 Å². The van der Waals surface area contributed by atoms with Gasteiger partial charge in [0.25, 0.3) is 0 Å². The second-order valence-electron chi connectivity index (χ2n) is 4.31. The summed E-state index contributed by atoms with van der Waals surface area (Å²) in [6.07, 6.45) is 0. The minimum absolute atomic E-state index is 0.0472. The fourth-order valence-corrected chi connectivity index (χ4v) is 1.44. The number of aromatic nitrogens is 2. The van der Waals surface area contributed by atoms with Crippen molar-refractivity contribution >= 4 is 5.95 Å². The van der Waals surface area contributed by atoms with Crippen molar-refractivity contribution < 1.29 is 4.74 Å². The van der Waals surface area contributed by atoms with Gasteiger partial charge in [-0.25, -0.2) is 4.98 Å². The molecule has 1 rings (SSSR count). The largest absolute Gasteiger partial charge is 0.481 e. The Morgan fingerprint density at radius 2 is 1.79 bits per heavy atom. The van der Waals surface area contributed by atoms with Gasteiger partial charge in [-0.3, -0.25) is 0 Å². The van der Waals surface area contributed by atoms with Gasteiger partial charge in [-0.2, -0.15) is 4.98 Å². The minimum Gasteiger partial charge on any atom is -0.481 e. The maximum atomic E-state index is 5.60. The van der Waals surface area contributed by atoms with Crippen LogP contribution in [0.4, 0.5) is 5.95 Å². The number of methoxy groups -OCH3 is 1. The smallest absolute Gasteiger partial charge is 0.223 e. The van der Waals surface area contributed by atoms with Gasteiger partial charge in [-0.1, -0.05) is 20.8 Å². The normalized spacial score (nSPS) is 11.5. The lowest BCUT2D eigenvalue weighted by Crippen LogP contribution is -2.18. The van der Waals surface area contributed by atoms with E-state index in [-0.39, 0.29) is 11.4 Å². The Labute approximate surface area is 84.5 Å². The first-order valence-electron chi connectivity index (χ1n) is 4.55. The number of hydrogen-bond donors (Lipinski definition) is 1. The lowest BCUT2D eigenvalue weighted by Gasteiger charge is -2.21. The van der Waals surface area contributed by atoms with Crippen molar-refractivity contribution in [3.63, 3.8) is 0 Å². The van der Waals surface area contributed by atoms with Gasteiger partial charge >= 0.3 is 0 Å². The fraction of sp³-hybridized carbons (Fsp3) is 0.600. The molecule has 0 unspecified atom stereocenters. The molecule has 0 saturated heterocycles. The van der Waals surface area contributed by atoms with E-state index in [0.717, 1.165) is 11.3 Å². The highest BCUT2D eigenvalue weighted by Crippen LogP contribution is 2.28. The zero-order valence-corrected chi connectivity index (χ0v) is 9.38. The molecule has 0 bridgehead atoms. The molecule has 1 aromatic rings. The van der Waals surface area contributed by atoms with Crippen LogP contribution < -0.4 is 10.5 Å². The topological polar surface area (TPSA) is 61.0 Å². The molecule has 78 valence electrons. The summed E-state index contributed by atoms with van der Waals surface area (Å²) in [4.78, 5) is 8.25. The van der Waals surface area contributed by atoms with Crippen molar-refractivity contribution in [2.24, 2.45) is 0 Å². The summed E-state index contributed by atoms with van der Waals surface area (Å²) in [5.74, 6) is 0.819. The molecular formula is C10H17N3O. The SMILES string of the molecule is COc1nc(N)nc(C(C)(C)C)c1C. The van der Waals surface area contributed by atoms with Crippen LogP contribution in [0.5, 0.6) is 5.88 Å². The first kappa shape index (κ1) is 10.8. The summed E-state index contributed by atoms with van der Waals surface area (Å²) in [5.41, 5.74) is 7.44. The first-order chi connectivity index (χ1) is 6.36. The Kier molecular flexibility index (Phi) is 2.64. The van der Waals surface area contributed by atoms with Crippen LogP contribution in [-0.2, 0) is 5.41 Å². The van der Waals surface area contributed by atoms with Crippen LogP contribution in [0.25, 0.3) is 0 Å². The predicted molar refractivity (Wildman–Crippen MR) is 56.4 cm³/mol. The van der Waals surface area contributed by atoms with Crippen LogP contribution in [0, 0.1) is 6.92 Å². The van der Waals surface area contributed by atoms with Gasteiger partial charge < -0.3 is 10.5 Å². The highest BCUT2D eigenvalue weighted by molar-refractivity contribution is 5.38. The highest BCUT2D eigenvalue weighted by Gasteiger charge is 2.21. The number of hydrogen-bond acceptors (Lipinski definition) is 4. The maximum absolute atomic E-state index is 5.60. The third-order valence-electron chi connectivity index (χ3n) is 2.02. The number of rotatable bonds is 1. The fourth-order valence-electron chi connectivity index (χ4n) is 1.44. The van der Waals surface area contributed by atoms with Crippen LogP contribution in [-0.4, -0.2) is 17.1 Å². The molecule has 2 N–H and O–H groups in total. The average molecular weight is 195 g/mol. The first-order valence-corrected chi connectivity index (χ1v) is 4.55. The van der Waals surface area contributed by atoms with E-state index >= 15 is 0 Å². The summed E-state index contributed by atoms with van der Waals surface area (Å²) in [7, 11) is 1.58. The van der Waals surface area contributed by atoms with Crippen LogP contribution in [0.2, 0.25) is 0 Å². The molecular weight excluding hydrogens is 178 g/mol.